The number of carbonyl (C=O) groups excluding carboxylic acids is 3. The van der Waals surface area contributed by atoms with Gasteiger partial charge in [-0.2, -0.15) is 0 Å². The van der Waals surface area contributed by atoms with Gasteiger partial charge >= 0.3 is 0 Å². The second-order valence-electron chi connectivity index (χ2n) is 9.88. The normalized spacial score (nSPS) is 30.7. The highest BCUT2D eigenvalue weighted by Gasteiger charge is 2.61. The second-order valence-corrected chi connectivity index (χ2v) is 9.88. The van der Waals surface area contributed by atoms with Crippen molar-refractivity contribution in [2.75, 3.05) is 19.6 Å². The molecule has 33 heavy (non-hydrogen) atoms. The molecule has 2 aromatic rings. The van der Waals surface area contributed by atoms with Crippen LogP contribution in [0.2, 0.25) is 0 Å². The van der Waals surface area contributed by atoms with Crippen LogP contribution in [0.3, 0.4) is 0 Å². The van der Waals surface area contributed by atoms with Gasteiger partial charge in [-0.1, -0.05) is 0 Å². The predicted octanol–water partition coefficient (Wildman–Crippen LogP) is 2.28. The minimum Gasteiger partial charge on any atom is -0.340 e. The quantitative estimate of drug-likeness (QED) is 0.670. The van der Waals surface area contributed by atoms with Crippen molar-refractivity contribution in [2.45, 2.75) is 38.0 Å². The highest BCUT2D eigenvalue weighted by Crippen LogP contribution is 2.56. The molecular weight excluding hydrogens is 418 g/mol. The van der Waals surface area contributed by atoms with Crippen molar-refractivity contribution in [3.63, 3.8) is 0 Å². The molecule has 4 fully saturated rings. The van der Waals surface area contributed by atoms with Crippen LogP contribution in [0.25, 0.3) is 11.1 Å². The van der Waals surface area contributed by atoms with Crippen molar-refractivity contribution in [1.82, 2.24) is 24.8 Å². The van der Waals surface area contributed by atoms with Crippen molar-refractivity contribution in [3.8, 4) is 11.1 Å². The Labute approximate surface area is 192 Å². The summed E-state index contributed by atoms with van der Waals surface area (Å²) < 4.78 is 0. The van der Waals surface area contributed by atoms with Crippen molar-refractivity contribution >= 4 is 17.7 Å². The number of amides is 3. The summed E-state index contributed by atoms with van der Waals surface area (Å²) in [5, 5.41) is 0. The molecule has 0 aromatic carbocycles. The van der Waals surface area contributed by atoms with Gasteiger partial charge < -0.3 is 4.90 Å². The van der Waals surface area contributed by atoms with Gasteiger partial charge in [0.1, 0.15) is 12.9 Å². The fourth-order valence-electron chi connectivity index (χ4n) is 6.71. The maximum atomic E-state index is 13.2. The summed E-state index contributed by atoms with van der Waals surface area (Å²) in [5.74, 6) is 0.0110. The van der Waals surface area contributed by atoms with Gasteiger partial charge in [-0.15, -0.1) is 0 Å². The van der Waals surface area contributed by atoms with E-state index in [-0.39, 0.29) is 42.0 Å². The van der Waals surface area contributed by atoms with E-state index in [0.29, 0.717) is 24.9 Å². The Morgan fingerprint density at radius 2 is 1.73 bits per heavy atom. The van der Waals surface area contributed by atoms with Crippen LogP contribution in [0.4, 0.5) is 0 Å². The van der Waals surface area contributed by atoms with E-state index in [9.17, 15) is 14.4 Å². The van der Waals surface area contributed by atoms with Crippen LogP contribution < -0.4 is 0 Å². The lowest BCUT2D eigenvalue weighted by Gasteiger charge is -2.34. The molecule has 0 radical (unpaired) electrons. The van der Waals surface area contributed by atoms with E-state index < -0.39 is 0 Å². The zero-order valence-electron chi connectivity index (χ0n) is 18.5. The Balaban J connectivity index is 1.18. The molecule has 4 aliphatic rings. The summed E-state index contributed by atoms with van der Waals surface area (Å²) in [6.07, 6.45) is 11.7. The van der Waals surface area contributed by atoms with Gasteiger partial charge in [0.25, 0.3) is 0 Å². The van der Waals surface area contributed by atoms with Crippen LogP contribution >= 0.6 is 0 Å². The smallest absolute Gasteiger partial charge is 0.242 e. The zero-order chi connectivity index (χ0) is 22.5. The zero-order valence-corrected chi connectivity index (χ0v) is 18.5. The first-order chi connectivity index (χ1) is 16.1. The Kier molecular flexibility index (Phi) is 4.96. The van der Waals surface area contributed by atoms with Crippen LogP contribution in [0, 0.1) is 23.7 Å². The Morgan fingerprint density at radius 3 is 2.45 bits per heavy atom. The lowest BCUT2D eigenvalue weighted by molar-refractivity contribution is -0.147. The van der Waals surface area contributed by atoms with Crippen molar-refractivity contribution in [2.24, 2.45) is 23.7 Å². The number of fused-ring (bicyclic) bond motifs is 5. The van der Waals surface area contributed by atoms with E-state index in [1.54, 1.807) is 23.6 Å². The summed E-state index contributed by atoms with van der Waals surface area (Å²) in [5.41, 5.74) is 2.87. The first kappa shape index (κ1) is 20.4. The van der Waals surface area contributed by atoms with Gasteiger partial charge in [-0.25, -0.2) is 9.97 Å². The third kappa shape index (κ3) is 3.34. The van der Waals surface area contributed by atoms with E-state index in [0.717, 1.165) is 48.9 Å². The SMILES string of the molecule is O=C(CN1C(=O)[C@@H]2[C@H]3CC[C@@H](C3)[C@@H]2C1=O)N1CCC[C@@H](c2ncncc2-c2ccncc2)C1. The van der Waals surface area contributed by atoms with E-state index in [1.807, 2.05) is 18.3 Å². The fourth-order valence-corrected chi connectivity index (χ4v) is 6.71. The van der Waals surface area contributed by atoms with Crippen LogP contribution in [0.1, 0.15) is 43.7 Å². The minimum absolute atomic E-state index is 0.0778. The highest BCUT2D eigenvalue weighted by atomic mass is 16.2. The van der Waals surface area contributed by atoms with E-state index in [4.69, 9.17) is 0 Å². The second kappa shape index (κ2) is 8.01. The van der Waals surface area contributed by atoms with Gasteiger partial charge in [0, 0.05) is 43.2 Å². The number of rotatable bonds is 4. The van der Waals surface area contributed by atoms with Crippen molar-refractivity contribution < 1.29 is 14.4 Å². The lowest BCUT2D eigenvalue weighted by Crippen LogP contribution is -2.46. The molecule has 0 N–H and O–H groups in total. The molecule has 8 nitrogen and oxygen atoms in total. The molecule has 2 aliphatic heterocycles. The molecule has 2 aromatic heterocycles. The first-order valence-corrected chi connectivity index (χ1v) is 11.9. The molecule has 170 valence electrons. The maximum absolute atomic E-state index is 13.2. The van der Waals surface area contributed by atoms with E-state index in [1.165, 1.54) is 4.90 Å². The molecule has 2 saturated heterocycles. The van der Waals surface area contributed by atoms with Crippen molar-refractivity contribution in [1.29, 1.82) is 0 Å². The van der Waals surface area contributed by atoms with Gasteiger partial charge in [0.2, 0.25) is 17.7 Å². The molecule has 8 heteroatoms. The molecule has 2 bridgehead atoms. The topological polar surface area (TPSA) is 96.4 Å². The third-order valence-electron chi connectivity index (χ3n) is 8.21. The molecule has 6 rings (SSSR count). The molecule has 2 aliphatic carbocycles. The van der Waals surface area contributed by atoms with E-state index in [2.05, 4.69) is 15.0 Å². The number of hydrogen-bond acceptors (Lipinski definition) is 6. The van der Waals surface area contributed by atoms with Crippen LogP contribution in [0.15, 0.2) is 37.1 Å². The predicted molar refractivity (Wildman–Crippen MR) is 118 cm³/mol. The Bertz CT molecular complexity index is 1080. The Morgan fingerprint density at radius 1 is 1.00 bits per heavy atom. The maximum Gasteiger partial charge on any atom is 0.242 e. The summed E-state index contributed by atoms with van der Waals surface area (Å²) in [6, 6.07) is 3.87. The number of nitrogens with zero attached hydrogens (tertiary/aromatic N) is 5. The number of hydrogen-bond donors (Lipinski definition) is 0. The van der Waals surface area contributed by atoms with E-state index >= 15 is 0 Å². The number of likely N-dealkylation sites (tertiary alicyclic amines) is 2. The number of aromatic nitrogens is 3. The molecule has 3 amide bonds. The van der Waals surface area contributed by atoms with Gasteiger partial charge in [-0.05, 0) is 61.6 Å². The first-order valence-electron chi connectivity index (χ1n) is 11.9. The highest BCUT2D eigenvalue weighted by molar-refractivity contribution is 6.08. The number of piperidine rings is 1. The summed E-state index contributed by atoms with van der Waals surface area (Å²) in [7, 11) is 0. The number of imide groups is 1. The third-order valence-corrected chi connectivity index (χ3v) is 8.21. The summed E-state index contributed by atoms with van der Waals surface area (Å²) in [6.45, 7) is 1.04. The molecule has 5 atom stereocenters. The number of carbonyl (C=O) groups is 3. The fraction of sp³-hybridized carbons (Fsp3) is 0.520. The summed E-state index contributed by atoms with van der Waals surface area (Å²) >= 11 is 0. The monoisotopic (exact) mass is 445 g/mol. The largest absolute Gasteiger partial charge is 0.340 e. The molecular formula is C25H27N5O3. The van der Waals surface area contributed by atoms with Crippen molar-refractivity contribution in [3.05, 3.63) is 42.7 Å². The minimum atomic E-state index is -0.179. The Hall–Kier alpha value is -3.16. The van der Waals surface area contributed by atoms with Crippen LogP contribution in [-0.2, 0) is 14.4 Å². The van der Waals surface area contributed by atoms with Gasteiger partial charge in [-0.3, -0.25) is 24.3 Å². The summed E-state index contributed by atoms with van der Waals surface area (Å²) in [4.78, 5) is 55.2. The lowest BCUT2D eigenvalue weighted by atomic mass is 9.81. The molecule has 2 saturated carbocycles. The number of pyridine rings is 1. The van der Waals surface area contributed by atoms with Gasteiger partial charge in [0.05, 0.1) is 17.5 Å². The average Bonchev–Trinajstić information content (AvgIpc) is 3.55. The molecule has 0 unspecified atom stereocenters. The molecule has 4 heterocycles. The average molecular weight is 446 g/mol. The van der Waals surface area contributed by atoms with Crippen LogP contribution in [-0.4, -0.2) is 62.1 Å². The standard InChI is InChI=1S/C25H27N5O3/c31-20(13-30-24(32)21-16-3-4-17(10-16)22(21)25(30)33)29-9-1-2-18(12-29)23-19(11-27-14-28-23)15-5-7-26-8-6-15/h5-8,11,14,16-18,21-22H,1-4,9-10,12-13H2/t16-,17-,18+,21-,22+/m0/s1. The van der Waals surface area contributed by atoms with Crippen LogP contribution in [0.5, 0.6) is 0 Å². The molecule has 0 spiro atoms. The van der Waals surface area contributed by atoms with Gasteiger partial charge in [0.15, 0.2) is 0 Å².